The lowest BCUT2D eigenvalue weighted by molar-refractivity contribution is 0.262. The number of pyridine rings is 1. The summed E-state index contributed by atoms with van der Waals surface area (Å²) in [5.74, 6) is 0.206. The van der Waals surface area contributed by atoms with Crippen molar-refractivity contribution >= 4 is 23.1 Å². The third-order valence-corrected chi connectivity index (χ3v) is 5.98. The molecule has 2 N–H and O–H groups in total. The Hall–Kier alpha value is -4.40. The second-order valence-electron chi connectivity index (χ2n) is 8.70. The zero-order valence-corrected chi connectivity index (χ0v) is 19.9. The molecule has 9 heteroatoms. The van der Waals surface area contributed by atoms with Crippen molar-refractivity contribution < 1.29 is 13.9 Å². The van der Waals surface area contributed by atoms with Crippen LogP contribution < -0.4 is 20.3 Å². The number of amides is 2. The molecule has 0 radical (unpaired) electrons. The number of carbonyl (C=O) groups excluding carboxylic acids is 1. The number of rotatable bonds is 6. The monoisotopic (exact) mass is 486 g/mol. The number of piperidine rings is 1. The van der Waals surface area contributed by atoms with Crippen molar-refractivity contribution in [2.75, 3.05) is 28.6 Å². The summed E-state index contributed by atoms with van der Waals surface area (Å²) in [7, 11) is 1.83. The van der Waals surface area contributed by atoms with Gasteiger partial charge in [-0.05, 0) is 55.7 Å². The Balaban J connectivity index is 1.22. The molecule has 36 heavy (non-hydrogen) atoms. The molecule has 0 unspecified atom stereocenters. The van der Waals surface area contributed by atoms with E-state index in [1.54, 1.807) is 35.3 Å². The smallest absolute Gasteiger partial charge is 0.323 e. The number of hydrogen-bond donors (Lipinski definition) is 2. The summed E-state index contributed by atoms with van der Waals surface area (Å²) in [4.78, 5) is 19.2. The lowest BCUT2D eigenvalue weighted by atomic mass is 10.1. The molecule has 2 amide bonds. The molecule has 0 aliphatic carbocycles. The van der Waals surface area contributed by atoms with Crippen LogP contribution in [-0.4, -0.2) is 33.9 Å². The van der Waals surface area contributed by atoms with E-state index >= 15 is 0 Å². The number of aryl methyl sites for hydroxylation is 1. The molecule has 0 bridgehead atoms. The summed E-state index contributed by atoms with van der Waals surface area (Å²) < 4.78 is 22.3. The van der Waals surface area contributed by atoms with E-state index in [1.807, 2.05) is 37.5 Å². The first kappa shape index (κ1) is 23.3. The summed E-state index contributed by atoms with van der Waals surface area (Å²) in [6.07, 6.45) is 8.77. The van der Waals surface area contributed by atoms with Crippen LogP contribution in [0.5, 0.6) is 11.5 Å². The molecule has 0 spiro atoms. The summed E-state index contributed by atoms with van der Waals surface area (Å²) in [5, 5.41) is 9.50. The summed E-state index contributed by atoms with van der Waals surface area (Å²) in [6.45, 7) is 2.03. The molecule has 1 saturated heterocycles. The van der Waals surface area contributed by atoms with E-state index in [9.17, 15) is 9.18 Å². The predicted octanol–water partition coefficient (Wildman–Crippen LogP) is 6.05. The lowest BCUT2D eigenvalue weighted by Gasteiger charge is -2.29. The van der Waals surface area contributed by atoms with Crippen molar-refractivity contribution in [1.82, 2.24) is 14.8 Å². The molecule has 3 heterocycles. The maximum Gasteiger partial charge on any atom is 0.323 e. The van der Waals surface area contributed by atoms with Gasteiger partial charge in [0.25, 0.3) is 0 Å². The summed E-state index contributed by atoms with van der Waals surface area (Å²) in [6, 6.07) is 14.9. The van der Waals surface area contributed by atoms with Crippen molar-refractivity contribution in [3.63, 3.8) is 0 Å². The average molecular weight is 487 g/mol. The Labute approximate surface area is 208 Å². The number of aromatic nitrogens is 3. The molecule has 5 rings (SSSR count). The average Bonchev–Trinajstić information content (AvgIpc) is 3.33. The van der Waals surface area contributed by atoms with Crippen LogP contribution in [0.3, 0.4) is 0 Å². The quantitative estimate of drug-likeness (QED) is 0.347. The third-order valence-electron chi connectivity index (χ3n) is 5.98. The molecule has 0 atom stereocenters. The standard InChI is InChI=1S/C27H27FN6O2/c1-33-18-19(17-30-33)26-16-23(10-11-29-26)36-22-8-9-25(24(28)15-22)32-27(35)31-20-6-5-7-21(14-20)34-12-3-2-4-13-34/h5-11,14-18H,2-4,12-13H2,1H3,(H2,31,32,35). The van der Waals surface area contributed by atoms with Gasteiger partial charge in [-0.15, -0.1) is 0 Å². The predicted molar refractivity (Wildman–Crippen MR) is 138 cm³/mol. The van der Waals surface area contributed by atoms with Crippen LogP contribution in [0, 0.1) is 5.82 Å². The minimum atomic E-state index is -0.605. The van der Waals surface area contributed by atoms with Crippen molar-refractivity contribution in [3.8, 4) is 22.8 Å². The first-order valence-corrected chi connectivity index (χ1v) is 11.9. The molecule has 0 saturated carbocycles. The molecule has 2 aromatic heterocycles. The van der Waals surface area contributed by atoms with Gasteiger partial charge in [0.15, 0.2) is 0 Å². The lowest BCUT2D eigenvalue weighted by Crippen LogP contribution is -2.29. The van der Waals surface area contributed by atoms with Crippen LogP contribution in [0.4, 0.5) is 26.2 Å². The number of carbonyl (C=O) groups is 1. The highest BCUT2D eigenvalue weighted by Crippen LogP contribution is 2.28. The van der Waals surface area contributed by atoms with Crippen molar-refractivity contribution in [2.24, 2.45) is 7.05 Å². The van der Waals surface area contributed by atoms with E-state index in [0.29, 0.717) is 22.9 Å². The van der Waals surface area contributed by atoms with E-state index in [-0.39, 0.29) is 5.69 Å². The fourth-order valence-corrected chi connectivity index (χ4v) is 4.20. The number of benzene rings is 2. The van der Waals surface area contributed by atoms with Crippen LogP contribution in [0.15, 0.2) is 73.2 Å². The van der Waals surface area contributed by atoms with Gasteiger partial charge >= 0.3 is 6.03 Å². The van der Waals surface area contributed by atoms with Crippen molar-refractivity contribution in [3.05, 3.63) is 79.0 Å². The molecule has 1 aliphatic rings. The van der Waals surface area contributed by atoms with Crippen LogP contribution in [-0.2, 0) is 7.05 Å². The molecule has 184 valence electrons. The van der Waals surface area contributed by atoms with Crippen molar-refractivity contribution in [1.29, 1.82) is 0 Å². The number of urea groups is 1. The van der Waals surface area contributed by atoms with Gasteiger partial charge < -0.3 is 20.3 Å². The van der Waals surface area contributed by atoms with Gasteiger partial charge in [0, 0.05) is 61.6 Å². The summed E-state index contributed by atoms with van der Waals surface area (Å²) >= 11 is 0. The van der Waals surface area contributed by atoms with E-state index in [1.165, 1.54) is 31.4 Å². The maximum absolute atomic E-state index is 14.8. The van der Waals surface area contributed by atoms with Gasteiger partial charge in [0.2, 0.25) is 0 Å². The highest BCUT2D eigenvalue weighted by atomic mass is 19.1. The van der Waals surface area contributed by atoms with E-state index in [2.05, 4.69) is 25.6 Å². The SMILES string of the molecule is Cn1cc(-c2cc(Oc3ccc(NC(=O)Nc4cccc(N5CCCCC5)c4)c(F)c3)ccn2)cn1. The molecular formula is C27H27FN6O2. The van der Waals surface area contributed by atoms with Crippen LogP contribution in [0.1, 0.15) is 19.3 Å². The number of hydrogen-bond acceptors (Lipinski definition) is 5. The number of anilines is 3. The first-order chi connectivity index (χ1) is 17.5. The molecule has 2 aromatic carbocycles. The van der Waals surface area contributed by atoms with Gasteiger partial charge in [-0.25, -0.2) is 9.18 Å². The Morgan fingerprint density at radius 1 is 1.00 bits per heavy atom. The minimum Gasteiger partial charge on any atom is -0.457 e. The summed E-state index contributed by atoms with van der Waals surface area (Å²) in [5.41, 5.74) is 3.32. The Morgan fingerprint density at radius 2 is 1.83 bits per heavy atom. The fourth-order valence-electron chi connectivity index (χ4n) is 4.20. The maximum atomic E-state index is 14.8. The zero-order valence-electron chi connectivity index (χ0n) is 19.9. The number of nitrogens with zero attached hydrogens (tertiary/aromatic N) is 4. The van der Waals surface area contributed by atoms with Gasteiger partial charge in [0.1, 0.15) is 17.3 Å². The van der Waals surface area contributed by atoms with Crippen LogP contribution >= 0.6 is 0 Å². The number of nitrogens with one attached hydrogen (secondary N) is 2. The van der Waals surface area contributed by atoms with Gasteiger partial charge in [-0.2, -0.15) is 5.10 Å². The molecular weight excluding hydrogens is 459 g/mol. The Kier molecular flexibility index (Phi) is 6.79. The van der Waals surface area contributed by atoms with Crippen molar-refractivity contribution in [2.45, 2.75) is 19.3 Å². The van der Waals surface area contributed by atoms with Gasteiger partial charge in [0.05, 0.1) is 17.6 Å². The normalized spacial score (nSPS) is 13.3. The topological polar surface area (TPSA) is 84.3 Å². The van der Waals surface area contributed by atoms with Crippen LogP contribution in [0.25, 0.3) is 11.3 Å². The molecule has 1 fully saturated rings. The minimum absolute atomic E-state index is 0.0535. The fraction of sp³-hybridized carbons (Fsp3) is 0.222. The largest absolute Gasteiger partial charge is 0.457 e. The second kappa shape index (κ2) is 10.5. The van der Waals surface area contributed by atoms with E-state index < -0.39 is 11.8 Å². The highest BCUT2D eigenvalue weighted by molar-refractivity contribution is 6.00. The molecule has 8 nitrogen and oxygen atoms in total. The first-order valence-electron chi connectivity index (χ1n) is 11.9. The molecule has 4 aromatic rings. The van der Waals surface area contributed by atoms with Crippen LogP contribution in [0.2, 0.25) is 0 Å². The van der Waals surface area contributed by atoms with Gasteiger partial charge in [-0.1, -0.05) is 6.07 Å². The zero-order chi connectivity index (χ0) is 24.9. The van der Waals surface area contributed by atoms with E-state index in [0.717, 1.165) is 24.3 Å². The Morgan fingerprint density at radius 3 is 2.61 bits per heavy atom. The number of halogens is 1. The third kappa shape index (κ3) is 5.63. The molecule has 1 aliphatic heterocycles. The number of ether oxygens (including phenoxy) is 1. The highest BCUT2D eigenvalue weighted by Gasteiger charge is 2.13. The Bertz CT molecular complexity index is 1370. The van der Waals surface area contributed by atoms with Gasteiger partial charge in [-0.3, -0.25) is 9.67 Å². The van der Waals surface area contributed by atoms with E-state index in [4.69, 9.17) is 4.74 Å². The second-order valence-corrected chi connectivity index (χ2v) is 8.70.